The number of nitrogen functional groups attached to an aromatic ring is 1. The molecular formula is C15H22N6O5S. The SMILES string of the molecule is C[S+](CC[C@@H](N)C(=O)[O-])C[C@@H]1O[C@@H](n2cnc3c(N)ncnc32)[C@H](O)[C@@H]1O. The molecule has 0 saturated carbocycles. The number of hydrogen-bond acceptors (Lipinski definition) is 10. The summed E-state index contributed by atoms with van der Waals surface area (Å²) in [5.74, 6) is -0.0611. The smallest absolute Gasteiger partial charge is 0.167 e. The van der Waals surface area contributed by atoms with Crippen molar-refractivity contribution in [3.05, 3.63) is 12.7 Å². The van der Waals surface area contributed by atoms with Gasteiger partial charge >= 0.3 is 0 Å². The number of imidazole rings is 1. The monoisotopic (exact) mass is 398 g/mol. The molecule has 2 aromatic rings. The van der Waals surface area contributed by atoms with E-state index in [9.17, 15) is 20.1 Å². The van der Waals surface area contributed by atoms with Gasteiger partial charge in [0.25, 0.3) is 0 Å². The quantitative estimate of drug-likeness (QED) is 0.345. The second kappa shape index (κ2) is 7.94. The molecule has 27 heavy (non-hydrogen) atoms. The number of carboxylic acids is 1. The number of fused-ring (bicyclic) bond motifs is 1. The van der Waals surface area contributed by atoms with Crippen molar-refractivity contribution < 1.29 is 24.9 Å². The third-order valence-electron chi connectivity index (χ3n) is 4.53. The fourth-order valence-electron chi connectivity index (χ4n) is 2.96. The number of ether oxygens (including phenoxy) is 1. The Balaban J connectivity index is 1.68. The topological polar surface area (TPSA) is 185 Å². The summed E-state index contributed by atoms with van der Waals surface area (Å²) < 4.78 is 7.39. The number of aliphatic carboxylic acids is 1. The lowest BCUT2D eigenvalue weighted by molar-refractivity contribution is -0.307. The number of aromatic nitrogens is 4. The van der Waals surface area contributed by atoms with Gasteiger partial charge in [0.1, 0.15) is 41.7 Å². The van der Waals surface area contributed by atoms with E-state index in [1.165, 1.54) is 17.2 Å². The Labute approximate surface area is 157 Å². The fourth-order valence-corrected chi connectivity index (χ4v) is 4.62. The van der Waals surface area contributed by atoms with Crippen LogP contribution < -0.4 is 16.6 Å². The Kier molecular flexibility index (Phi) is 5.81. The summed E-state index contributed by atoms with van der Waals surface area (Å²) in [6.07, 6.45) is 1.17. The molecule has 1 saturated heterocycles. The van der Waals surface area contributed by atoms with Gasteiger partial charge in [-0.05, 0) is 10.9 Å². The predicted octanol–water partition coefficient (Wildman–Crippen LogP) is -3.26. The van der Waals surface area contributed by atoms with Gasteiger partial charge in [0, 0.05) is 12.5 Å². The van der Waals surface area contributed by atoms with Crippen molar-refractivity contribution in [2.24, 2.45) is 5.73 Å². The minimum Gasteiger partial charge on any atom is -0.548 e. The van der Waals surface area contributed by atoms with Crippen LogP contribution in [0.2, 0.25) is 0 Å². The van der Waals surface area contributed by atoms with E-state index in [0.717, 1.165) is 0 Å². The molecule has 12 heteroatoms. The number of aliphatic hydroxyl groups is 2. The van der Waals surface area contributed by atoms with Gasteiger partial charge in [-0.2, -0.15) is 0 Å². The van der Waals surface area contributed by atoms with E-state index < -0.39 is 36.6 Å². The number of nitrogens with zero attached hydrogens (tertiary/aromatic N) is 4. The van der Waals surface area contributed by atoms with Crippen LogP contribution >= 0.6 is 0 Å². The highest BCUT2D eigenvalue weighted by Crippen LogP contribution is 2.32. The molecule has 1 fully saturated rings. The van der Waals surface area contributed by atoms with Gasteiger partial charge in [-0.25, -0.2) is 15.0 Å². The number of carbonyl (C=O) groups excluding carboxylic acids is 1. The number of carboxylic acid groups (broad SMARTS) is 1. The molecule has 3 rings (SSSR count). The van der Waals surface area contributed by atoms with Crippen molar-refractivity contribution in [3.8, 4) is 0 Å². The molecule has 1 aliphatic rings. The maximum atomic E-state index is 10.7. The van der Waals surface area contributed by atoms with Gasteiger partial charge in [-0.15, -0.1) is 0 Å². The Morgan fingerprint density at radius 3 is 2.85 bits per heavy atom. The van der Waals surface area contributed by atoms with Crippen LogP contribution in [-0.4, -0.2) is 77.8 Å². The van der Waals surface area contributed by atoms with E-state index in [0.29, 0.717) is 22.7 Å². The highest BCUT2D eigenvalue weighted by Gasteiger charge is 2.46. The summed E-state index contributed by atoms with van der Waals surface area (Å²) in [7, 11) is -0.263. The first-order valence-corrected chi connectivity index (χ1v) is 10.3. The van der Waals surface area contributed by atoms with Gasteiger partial charge in [-0.3, -0.25) is 4.57 Å². The fraction of sp³-hybridized carbons (Fsp3) is 0.600. The van der Waals surface area contributed by atoms with E-state index >= 15 is 0 Å². The van der Waals surface area contributed by atoms with Crippen molar-refractivity contribution in [2.45, 2.75) is 37.0 Å². The number of rotatable bonds is 7. The molecule has 3 heterocycles. The molecule has 11 nitrogen and oxygen atoms in total. The first kappa shape index (κ1) is 19.8. The van der Waals surface area contributed by atoms with Crippen molar-refractivity contribution in [3.63, 3.8) is 0 Å². The van der Waals surface area contributed by atoms with Crippen LogP contribution in [0, 0.1) is 0 Å². The Bertz CT molecular complexity index is 819. The molecule has 148 valence electrons. The van der Waals surface area contributed by atoms with Gasteiger partial charge in [0.15, 0.2) is 17.7 Å². The van der Waals surface area contributed by atoms with Crippen LogP contribution in [0.15, 0.2) is 12.7 Å². The van der Waals surface area contributed by atoms with E-state index in [-0.39, 0.29) is 23.1 Å². The second-order valence-electron chi connectivity index (χ2n) is 6.50. The van der Waals surface area contributed by atoms with Crippen LogP contribution in [0.4, 0.5) is 5.82 Å². The van der Waals surface area contributed by atoms with Crippen molar-refractivity contribution in [2.75, 3.05) is 23.5 Å². The molecule has 2 aromatic heterocycles. The largest absolute Gasteiger partial charge is 0.548 e. The van der Waals surface area contributed by atoms with Gasteiger partial charge in [-0.1, -0.05) is 0 Å². The average molecular weight is 398 g/mol. The zero-order valence-corrected chi connectivity index (χ0v) is 15.5. The number of hydrogen-bond donors (Lipinski definition) is 4. The summed E-state index contributed by atoms with van der Waals surface area (Å²) >= 11 is 0. The van der Waals surface area contributed by atoms with Crippen LogP contribution in [-0.2, 0) is 20.4 Å². The highest BCUT2D eigenvalue weighted by molar-refractivity contribution is 7.96. The Hall–Kier alpha value is -1.99. The summed E-state index contributed by atoms with van der Waals surface area (Å²) in [6, 6.07) is -1.02. The molecule has 0 amide bonds. The number of nitrogens with two attached hydrogens (primary N) is 2. The third kappa shape index (κ3) is 3.99. The molecule has 0 radical (unpaired) electrons. The Morgan fingerprint density at radius 2 is 2.15 bits per heavy atom. The van der Waals surface area contributed by atoms with E-state index in [4.69, 9.17) is 16.2 Å². The molecule has 0 aromatic carbocycles. The lowest BCUT2D eigenvalue weighted by Crippen LogP contribution is -2.43. The molecule has 1 unspecified atom stereocenters. The minimum atomic E-state index is -1.28. The standard InChI is InChI=1S/C15H22N6O5S/c1-27(3-2-7(16)15(24)25)4-8-10(22)11(23)14(26-8)21-6-20-9-12(17)18-5-19-13(9)21/h5-8,10-11,14,22-23H,2-4,16H2,1H3,(H2-,17,18,19,24,25)/t7-,8+,10-,11-,14-,27?/m1/s1. The van der Waals surface area contributed by atoms with Crippen molar-refractivity contribution in [1.82, 2.24) is 19.5 Å². The molecule has 0 aliphatic carbocycles. The molecule has 0 spiro atoms. The maximum absolute atomic E-state index is 10.7. The molecule has 6 N–H and O–H groups in total. The molecular weight excluding hydrogens is 376 g/mol. The Morgan fingerprint density at radius 1 is 1.41 bits per heavy atom. The first-order chi connectivity index (χ1) is 12.8. The molecule has 1 aliphatic heterocycles. The van der Waals surface area contributed by atoms with Crippen molar-refractivity contribution in [1.29, 1.82) is 0 Å². The van der Waals surface area contributed by atoms with Gasteiger partial charge in [0.05, 0.1) is 18.6 Å². The normalized spacial score (nSPS) is 27.7. The van der Waals surface area contributed by atoms with E-state index in [1.54, 1.807) is 0 Å². The maximum Gasteiger partial charge on any atom is 0.167 e. The first-order valence-electron chi connectivity index (χ1n) is 8.29. The molecule has 0 bridgehead atoms. The lowest BCUT2D eigenvalue weighted by atomic mass is 10.1. The molecule has 6 atom stereocenters. The van der Waals surface area contributed by atoms with Crippen LogP contribution in [0.25, 0.3) is 11.2 Å². The zero-order valence-electron chi connectivity index (χ0n) is 14.6. The zero-order chi connectivity index (χ0) is 19.7. The van der Waals surface area contributed by atoms with Crippen molar-refractivity contribution >= 4 is 33.8 Å². The van der Waals surface area contributed by atoms with Crippen LogP contribution in [0.3, 0.4) is 0 Å². The van der Waals surface area contributed by atoms with Crippen LogP contribution in [0.5, 0.6) is 0 Å². The highest BCUT2D eigenvalue weighted by atomic mass is 32.2. The van der Waals surface area contributed by atoms with E-state index in [1.807, 2.05) is 6.26 Å². The van der Waals surface area contributed by atoms with Gasteiger partial charge in [0.2, 0.25) is 0 Å². The van der Waals surface area contributed by atoms with E-state index in [2.05, 4.69) is 15.0 Å². The lowest BCUT2D eigenvalue weighted by Gasteiger charge is -2.16. The average Bonchev–Trinajstić information content (AvgIpc) is 3.17. The number of carbonyl (C=O) groups is 1. The number of anilines is 1. The van der Waals surface area contributed by atoms with Gasteiger partial charge < -0.3 is 36.3 Å². The predicted molar refractivity (Wildman–Crippen MR) is 96.3 cm³/mol. The summed E-state index contributed by atoms with van der Waals surface area (Å²) in [5, 5.41) is 31.5. The number of aliphatic hydroxyl groups excluding tert-OH is 2. The second-order valence-corrected chi connectivity index (χ2v) is 8.80. The third-order valence-corrected chi connectivity index (χ3v) is 6.36. The summed E-state index contributed by atoms with van der Waals surface area (Å²) in [4.78, 5) is 22.8. The summed E-state index contributed by atoms with van der Waals surface area (Å²) in [6.45, 7) is 0. The van der Waals surface area contributed by atoms with Crippen LogP contribution in [0.1, 0.15) is 12.6 Å². The summed E-state index contributed by atoms with van der Waals surface area (Å²) in [5.41, 5.74) is 12.0. The minimum absolute atomic E-state index is 0.211.